The van der Waals surface area contributed by atoms with Crippen LogP contribution in [0.1, 0.15) is 30.9 Å². The number of hydrogen-bond acceptors (Lipinski definition) is 2. The molecule has 0 amide bonds. The Morgan fingerprint density at radius 1 is 1.24 bits per heavy atom. The van der Waals surface area contributed by atoms with Gasteiger partial charge in [0.25, 0.3) is 0 Å². The van der Waals surface area contributed by atoms with Gasteiger partial charge in [0.15, 0.2) is 0 Å². The molecule has 3 heteroatoms. The third kappa shape index (κ3) is 2.42. The summed E-state index contributed by atoms with van der Waals surface area (Å²) < 4.78 is 1.19. The quantitative estimate of drug-likeness (QED) is 0.857. The number of rotatable bonds is 1. The zero-order valence-corrected chi connectivity index (χ0v) is 11.6. The van der Waals surface area contributed by atoms with Gasteiger partial charge >= 0.3 is 0 Å². The van der Waals surface area contributed by atoms with E-state index in [-0.39, 0.29) is 0 Å². The van der Waals surface area contributed by atoms with E-state index in [1.807, 2.05) is 0 Å². The second-order valence-electron chi connectivity index (χ2n) is 5.12. The van der Waals surface area contributed by atoms with E-state index in [2.05, 4.69) is 50.4 Å². The summed E-state index contributed by atoms with van der Waals surface area (Å²) >= 11 is 3.58. The predicted molar refractivity (Wildman–Crippen MR) is 74.1 cm³/mol. The van der Waals surface area contributed by atoms with Crippen LogP contribution in [0.5, 0.6) is 0 Å². The molecule has 0 saturated carbocycles. The fraction of sp³-hybridized carbons (Fsp3) is 0.571. The molecule has 2 heterocycles. The van der Waals surface area contributed by atoms with Crippen LogP contribution in [0.3, 0.4) is 0 Å². The number of halogens is 1. The molecule has 2 unspecified atom stereocenters. The summed E-state index contributed by atoms with van der Waals surface area (Å²) in [5.41, 5.74) is 1.44. The molecule has 2 nitrogen and oxygen atoms in total. The number of benzene rings is 1. The van der Waals surface area contributed by atoms with Gasteiger partial charge in [-0.3, -0.25) is 4.90 Å². The maximum atomic E-state index is 3.60. The zero-order chi connectivity index (χ0) is 11.7. The summed E-state index contributed by atoms with van der Waals surface area (Å²) in [6.07, 6.45) is 4.12. The van der Waals surface area contributed by atoms with Gasteiger partial charge in [0, 0.05) is 29.6 Å². The van der Waals surface area contributed by atoms with Crippen LogP contribution in [0, 0.1) is 0 Å². The molecule has 0 bridgehead atoms. The molecule has 2 atom stereocenters. The predicted octanol–water partition coefficient (Wildman–Crippen LogP) is 2.95. The third-order valence-electron chi connectivity index (χ3n) is 4.02. The fourth-order valence-electron chi connectivity index (χ4n) is 3.18. The Bertz CT molecular complexity index is 392. The number of piperidine rings is 1. The lowest BCUT2D eigenvalue weighted by molar-refractivity contribution is 0.0643. The molecule has 2 saturated heterocycles. The number of fused-ring (bicyclic) bond motifs is 1. The van der Waals surface area contributed by atoms with Crippen molar-refractivity contribution in [2.75, 3.05) is 19.6 Å². The SMILES string of the molecule is Brc1cccc(C2CNCC3CCCCN32)c1. The van der Waals surface area contributed by atoms with Crippen molar-refractivity contribution in [2.24, 2.45) is 0 Å². The highest BCUT2D eigenvalue weighted by atomic mass is 79.9. The summed E-state index contributed by atoms with van der Waals surface area (Å²) in [5.74, 6) is 0. The highest BCUT2D eigenvalue weighted by Gasteiger charge is 2.32. The zero-order valence-electron chi connectivity index (χ0n) is 10.0. The van der Waals surface area contributed by atoms with Gasteiger partial charge in [-0.15, -0.1) is 0 Å². The maximum Gasteiger partial charge on any atom is 0.0476 e. The van der Waals surface area contributed by atoms with E-state index in [1.165, 1.54) is 42.4 Å². The summed E-state index contributed by atoms with van der Waals surface area (Å²) in [6, 6.07) is 10.1. The molecule has 92 valence electrons. The standard InChI is InChI=1S/C14H19BrN2/c15-12-5-3-4-11(8-12)14-10-16-9-13-6-1-2-7-17(13)14/h3-5,8,13-14,16H,1-2,6-7,9-10H2. The molecule has 17 heavy (non-hydrogen) atoms. The van der Waals surface area contributed by atoms with Crippen molar-refractivity contribution in [3.63, 3.8) is 0 Å². The average molecular weight is 295 g/mol. The monoisotopic (exact) mass is 294 g/mol. The fourth-order valence-corrected chi connectivity index (χ4v) is 3.60. The van der Waals surface area contributed by atoms with E-state index >= 15 is 0 Å². The summed E-state index contributed by atoms with van der Waals surface area (Å²) in [6.45, 7) is 3.53. The topological polar surface area (TPSA) is 15.3 Å². The smallest absolute Gasteiger partial charge is 0.0476 e. The number of nitrogens with zero attached hydrogens (tertiary/aromatic N) is 1. The molecule has 3 rings (SSSR count). The minimum absolute atomic E-state index is 0.562. The molecule has 0 spiro atoms. The van der Waals surface area contributed by atoms with Crippen LogP contribution in [-0.4, -0.2) is 30.6 Å². The lowest BCUT2D eigenvalue weighted by Gasteiger charge is -2.45. The van der Waals surface area contributed by atoms with E-state index in [0.717, 1.165) is 12.6 Å². The van der Waals surface area contributed by atoms with Gasteiger partial charge in [0.05, 0.1) is 0 Å². The minimum Gasteiger partial charge on any atom is -0.313 e. The van der Waals surface area contributed by atoms with Crippen LogP contribution in [-0.2, 0) is 0 Å². The molecule has 0 aromatic heterocycles. The third-order valence-corrected chi connectivity index (χ3v) is 4.52. The van der Waals surface area contributed by atoms with Gasteiger partial charge in [-0.25, -0.2) is 0 Å². The summed E-state index contributed by atoms with van der Waals surface area (Å²) in [4.78, 5) is 2.71. The molecule has 1 aromatic carbocycles. The summed E-state index contributed by atoms with van der Waals surface area (Å²) in [5, 5.41) is 3.60. The van der Waals surface area contributed by atoms with Crippen LogP contribution < -0.4 is 5.32 Å². The Morgan fingerprint density at radius 3 is 3.06 bits per heavy atom. The van der Waals surface area contributed by atoms with Gasteiger partial charge in [-0.05, 0) is 37.1 Å². The van der Waals surface area contributed by atoms with E-state index in [9.17, 15) is 0 Å². The highest BCUT2D eigenvalue weighted by Crippen LogP contribution is 2.31. The average Bonchev–Trinajstić information content (AvgIpc) is 2.38. The number of nitrogens with one attached hydrogen (secondary N) is 1. The van der Waals surface area contributed by atoms with Crippen molar-refractivity contribution in [1.29, 1.82) is 0 Å². The van der Waals surface area contributed by atoms with Gasteiger partial charge < -0.3 is 5.32 Å². The second kappa shape index (κ2) is 5.09. The van der Waals surface area contributed by atoms with Crippen molar-refractivity contribution < 1.29 is 0 Å². The number of piperazine rings is 1. The largest absolute Gasteiger partial charge is 0.313 e. The van der Waals surface area contributed by atoms with E-state index in [4.69, 9.17) is 0 Å². The molecule has 2 aliphatic rings. The Hall–Kier alpha value is -0.380. The van der Waals surface area contributed by atoms with Gasteiger partial charge in [0.1, 0.15) is 0 Å². The van der Waals surface area contributed by atoms with Crippen molar-refractivity contribution >= 4 is 15.9 Å². The van der Waals surface area contributed by atoms with E-state index in [0.29, 0.717) is 6.04 Å². The molecule has 0 radical (unpaired) electrons. The van der Waals surface area contributed by atoms with Crippen LogP contribution in [0.2, 0.25) is 0 Å². The number of hydrogen-bond donors (Lipinski definition) is 1. The first-order valence-electron chi connectivity index (χ1n) is 6.56. The maximum absolute atomic E-state index is 3.60. The van der Waals surface area contributed by atoms with Crippen molar-refractivity contribution in [3.8, 4) is 0 Å². The highest BCUT2D eigenvalue weighted by molar-refractivity contribution is 9.10. The molecule has 0 aliphatic carbocycles. The first-order valence-corrected chi connectivity index (χ1v) is 7.36. The molecular formula is C14H19BrN2. The minimum atomic E-state index is 0.562. The lowest BCUT2D eigenvalue weighted by Crippen LogP contribution is -2.54. The molecule has 2 aliphatic heterocycles. The van der Waals surface area contributed by atoms with E-state index < -0.39 is 0 Å². The Balaban J connectivity index is 1.85. The Morgan fingerprint density at radius 2 is 2.18 bits per heavy atom. The van der Waals surface area contributed by atoms with Crippen LogP contribution in [0.4, 0.5) is 0 Å². The molecule has 1 aromatic rings. The molecule has 1 N–H and O–H groups in total. The van der Waals surface area contributed by atoms with E-state index in [1.54, 1.807) is 0 Å². The Labute approximate surface area is 112 Å². The van der Waals surface area contributed by atoms with Gasteiger partial charge in [0.2, 0.25) is 0 Å². The van der Waals surface area contributed by atoms with Gasteiger partial charge in [-0.2, -0.15) is 0 Å². The van der Waals surface area contributed by atoms with Crippen molar-refractivity contribution in [1.82, 2.24) is 10.2 Å². The first-order chi connectivity index (χ1) is 8.34. The Kier molecular flexibility index (Phi) is 3.50. The molecule has 2 fully saturated rings. The summed E-state index contributed by atoms with van der Waals surface area (Å²) in [7, 11) is 0. The van der Waals surface area contributed by atoms with Crippen LogP contribution >= 0.6 is 15.9 Å². The lowest BCUT2D eigenvalue weighted by atomic mass is 9.93. The molecular weight excluding hydrogens is 276 g/mol. The van der Waals surface area contributed by atoms with Crippen LogP contribution in [0.25, 0.3) is 0 Å². The first kappa shape index (κ1) is 11.7. The van der Waals surface area contributed by atoms with Gasteiger partial charge in [-0.1, -0.05) is 34.5 Å². The van der Waals surface area contributed by atoms with Crippen LogP contribution in [0.15, 0.2) is 28.7 Å². The second-order valence-corrected chi connectivity index (χ2v) is 6.03. The van der Waals surface area contributed by atoms with Crippen molar-refractivity contribution in [2.45, 2.75) is 31.3 Å². The van der Waals surface area contributed by atoms with Crippen molar-refractivity contribution in [3.05, 3.63) is 34.3 Å². The normalized spacial score (nSPS) is 29.9.